The lowest BCUT2D eigenvalue weighted by atomic mass is 9.81. The summed E-state index contributed by atoms with van der Waals surface area (Å²) in [7, 11) is 0. The van der Waals surface area contributed by atoms with E-state index in [-0.39, 0.29) is 40.4 Å². The Morgan fingerprint density at radius 1 is 0.393 bits per heavy atom. The van der Waals surface area contributed by atoms with Crippen LogP contribution in [-0.4, -0.2) is 75.3 Å². The molecule has 15 rings (SSSR count). The third kappa shape index (κ3) is 14.7. The molecule has 0 unspecified atom stereocenters. The summed E-state index contributed by atoms with van der Waals surface area (Å²) >= 11 is 0. The molecule has 112 heavy (non-hydrogen) atoms. The lowest BCUT2D eigenvalue weighted by Gasteiger charge is -2.21. The van der Waals surface area contributed by atoms with Gasteiger partial charge < -0.3 is 16.0 Å². The van der Waals surface area contributed by atoms with Crippen molar-refractivity contribution in [3.63, 3.8) is 0 Å². The molecule has 0 radical (unpaired) electrons. The number of hydrogen-bond acceptors (Lipinski definition) is 14. The standard InChI is InChI=1S/C29H23F3N4O2.C28H21F4N5O2.C28H25N5O2/c1-17-9-11-19(12-10-17)35-26(37)22-14-18(15-34-25(22)29(30,31)32)21-7-4-8-23-24(21)28(2,3)27(38)36(23)20-6-5-13-33-16-20;1-15-7-8-17(12-20(15)29)36-25(38)19-11-16(13-34-24(19)28(30,31)32)18-5-4-6-21-23(18)27(2,3)26(39)37(21)22-9-10-33-14-35-22;1-17-8-10-20(11-9-17)32-26(34)22-14-19(15-31-18(22)2)21-6-5-7-23-25(21)28(3,4)27(35)33(23)24-16-29-12-13-30-24/h4-16H,1-3H3,(H,35,37);4-14H,1-3H3,(H,36,38);5-16H,1-4H3,(H,32,34). The van der Waals surface area contributed by atoms with E-state index in [1.807, 2.05) is 83.1 Å². The first-order chi connectivity index (χ1) is 53.1. The average Bonchev–Trinajstić information content (AvgIpc) is 1.56. The number of carbonyl (C=O) groups excluding carboxylic acids is 6. The molecular weight excluding hydrogens is 1450 g/mol. The first-order valence-electron chi connectivity index (χ1n) is 35.0. The van der Waals surface area contributed by atoms with Crippen molar-refractivity contribution in [1.29, 1.82) is 0 Å². The SMILES string of the molecule is Cc1ccc(NC(=O)c2cc(-c3cccc4c3C(C)(C)C(=O)N4c3cccnc3)cnc2C(F)(F)F)cc1.Cc1ccc(NC(=O)c2cc(-c3cccc4c3C(C)(C)C(=O)N4c3ccncn3)cnc2C(F)(F)F)cc1F.Cc1ccc(NC(=O)c2cc(-c3cccc4c3C(C)(C)C(=O)N4c3cnccn3)cnc2C)cc1. The number of benzene rings is 6. The highest BCUT2D eigenvalue weighted by Gasteiger charge is 2.50. The number of anilines is 9. The van der Waals surface area contributed by atoms with Gasteiger partial charge in [-0.15, -0.1) is 0 Å². The van der Waals surface area contributed by atoms with Crippen LogP contribution in [0.1, 0.15) is 123 Å². The first kappa shape index (κ1) is 76.6. The highest BCUT2D eigenvalue weighted by atomic mass is 19.4. The van der Waals surface area contributed by atoms with Crippen LogP contribution >= 0.6 is 0 Å². The minimum Gasteiger partial charge on any atom is -0.322 e. The van der Waals surface area contributed by atoms with Crippen LogP contribution in [0.25, 0.3) is 33.4 Å². The second kappa shape index (κ2) is 29.8. The number of pyridine rings is 4. The molecule has 0 atom stereocenters. The summed E-state index contributed by atoms with van der Waals surface area (Å²) in [6, 6.07) is 43.3. The van der Waals surface area contributed by atoms with Gasteiger partial charge in [0, 0.05) is 77.1 Å². The Bertz CT molecular complexity index is 5730. The highest BCUT2D eigenvalue weighted by molar-refractivity contribution is 6.17. The van der Waals surface area contributed by atoms with Crippen molar-refractivity contribution >= 4 is 86.9 Å². The summed E-state index contributed by atoms with van der Waals surface area (Å²) < 4.78 is 97.2. The second-order valence-electron chi connectivity index (χ2n) is 28.4. The molecule has 0 saturated heterocycles. The van der Waals surface area contributed by atoms with Crippen molar-refractivity contribution in [3.05, 3.63) is 293 Å². The van der Waals surface area contributed by atoms with E-state index in [4.69, 9.17) is 0 Å². The Balaban J connectivity index is 0.000000147. The molecule has 6 aromatic heterocycles. The fourth-order valence-corrected chi connectivity index (χ4v) is 13.9. The normalized spacial score (nSPS) is 14.3. The molecule has 3 N–H and O–H groups in total. The fourth-order valence-electron chi connectivity index (χ4n) is 13.9. The van der Waals surface area contributed by atoms with E-state index < -0.39 is 68.7 Å². The Hall–Kier alpha value is -13.6. The van der Waals surface area contributed by atoms with Crippen molar-refractivity contribution in [3.8, 4) is 33.4 Å². The number of aryl methyl sites for hydroxylation is 4. The monoisotopic (exact) mass is 1510 g/mol. The lowest BCUT2D eigenvalue weighted by Crippen LogP contribution is -2.33. The molecule has 0 spiro atoms. The van der Waals surface area contributed by atoms with Gasteiger partial charge in [-0.25, -0.2) is 19.3 Å². The van der Waals surface area contributed by atoms with Gasteiger partial charge in [0.2, 0.25) is 17.7 Å². The predicted molar refractivity (Wildman–Crippen MR) is 410 cm³/mol. The summed E-state index contributed by atoms with van der Waals surface area (Å²) in [5.41, 5.74) is 5.15. The van der Waals surface area contributed by atoms with Gasteiger partial charge in [0.05, 0.1) is 73.8 Å². The zero-order valence-electron chi connectivity index (χ0n) is 61.8. The van der Waals surface area contributed by atoms with Gasteiger partial charge in [-0.3, -0.25) is 68.4 Å². The number of alkyl halides is 6. The highest BCUT2D eigenvalue weighted by Crippen LogP contribution is 2.53. The van der Waals surface area contributed by atoms with Gasteiger partial charge >= 0.3 is 12.4 Å². The Labute approximate surface area is 638 Å². The number of rotatable bonds is 12. The van der Waals surface area contributed by atoms with Crippen LogP contribution in [0.3, 0.4) is 0 Å². The number of amides is 6. The molecule has 27 heteroatoms. The van der Waals surface area contributed by atoms with Crippen LogP contribution in [0.4, 0.5) is 82.2 Å². The van der Waals surface area contributed by atoms with Gasteiger partial charge in [-0.1, -0.05) is 77.9 Å². The van der Waals surface area contributed by atoms with E-state index >= 15 is 0 Å². The number of halogens is 7. The number of aromatic nitrogens is 8. The average molecular weight is 1520 g/mol. The summed E-state index contributed by atoms with van der Waals surface area (Å²) in [6.07, 6.45) is 4.79. The van der Waals surface area contributed by atoms with Crippen molar-refractivity contribution in [2.24, 2.45) is 0 Å². The number of fused-ring (bicyclic) bond motifs is 3. The Morgan fingerprint density at radius 2 is 0.821 bits per heavy atom. The van der Waals surface area contributed by atoms with E-state index in [9.17, 15) is 59.5 Å². The molecule has 6 amide bonds. The number of hydrogen-bond donors (Lipinski definition) is 3. The molecule has 3 aliphatic rings. The van der Waals surface area contributed by atoms with E-state index in [1.165, 1.54) is 42.5 Å². The molecular formula is C85H69F7N14O6. The smallest absolute Gasteiger partial charge is 0.322 e. The predicted octanol–water partition coefficient (Wildman–Crippen LogP) is 18.3. The van der Waals surface area contributed by atoms with Gasteiger partial charge in [-0.2, -0.15) is 26.3 Å². The summed E-state index contributed by atoms with van der Waals surface area (Å²) in [5, 5.41) is 7.81. The maximum atomic E-state index is 14.0. The van der Waals surface area contributed by atoms with Crippen LogP contribution in [0, 0.1) is 33.5 Å². The van der Waals surface area contributed by atoms with Crippen LogP contribution in [-0.2, 0) is 43.0 Å². The quantitative estimate of drug-likeness (QED) is 0.0963. The van der Waals surface area contributed by atoms with Crippen molar-refractivity contribution in [2.45, 2.75) is 97.8 Å². The molecule has 9 heterocycles. The fraction of sp³-hybridized carbons (Fsp3) is 0.176. The summed E-state index contributed by atoms with van der Waals surface area (Å²) in [6.45, 7) is 17.9. The van der Waals surface area contributed by atoms with Crippen LogP contribution in [0.2, 0.25) is 0 Å². The molecule has 3 aliphatic heterocycles. The minimum absolute atomic E-state index is 0.00514. The topological polar surface area (TPSA) is 251 Å². The van der Waals surface area contributed by atoms with E-state index in [2.05, 4.69) is 55.8 Å². The minimum atomic E-state index is -4.93. The van der Waals surface area contributed by atoms with Crippen molar-refractivity contribution in [2.75, 3.05) is 30.7 Å². The zero-order chi connectivity index (χ0) is 80.1. The zero-order valence-corrected chi connectivity index (χ0v) is 61.8. The van der Waals surface area contributed by atoms with E-state index in [1.54, 1.807) is 154 Å². The van der Waals surface area contributed by atoms with E-state index in [0.717, 1.165) is 63.7 Å². The molecule has 12 aromatic rings. The third-order valence-electron chi connectivity index (χ3n) is 19.5. The summed E-state index contributed by atoms with van der Waals surface area (Å²) in [4.78, 5) is 117. The van der Waals surface area contributed by atoms with Gasteiger partial charge in [0.15, 0.2) is 17.2 Å². The van der Waals surface area contributed by atoms with Crippen LogP contribution < -0.4 is 30.7 Å². The maximum Gasteiger partial charge on any atom is 0.434 e. The number of nitrogens with zero attached hydrogens (tertiary/aromatic N) is 11. The maximum absolute atomic E-state index is 14.0. The Morgan fingerprint density at radius 3 is 1.26 bits per heavy atom. The van der Waals surface area contributed by atoms with Crippen molar-refractivity contribution < 1.29 is 59.5 Å². The van der Waals surface area contributed by atoms with Gasteiger partial charge in [0.25, 0.3) is 17.7 Å². The van der Waals surface area contributed by atoms with E-state index in [0.29, 0.717) is 73.5 Å². The summed E-state index contributed by atoms with van der Waals surface area (Å²) in [5.74, 6) is -2.65. The van der Waals surface area contributed by atoms with Gasteiger partial charge in [0.1, 0.15) is 18.0 Å². The Kier molecular flexibility index (Phi) is 20.4. The molecule has 564 valence electrons. The molecule has 0 aliphatic carbocycles. The van der Waals surface area contributed by atoms with Crippen molar-refractivity contribution in [1.82, 2.24) is 39.9 Å². The number of nitrogens with one attached hydrogen (secondary N) is 3. The van der Waals surface area contributed by atoms with Crippen LogP contribution in [0.5, 0.6) is 0 Å². The molecule has 0 bridgehead atoms. The first-order valence-corrected chi connectivity index (χ1v) is 35.0. The van der Waals surface area contributed by atoms with Crippen LogP contribution in [0.15, 0.2) is 220 Å². The molecule has 0 fully saturated rings. The molecule has 0 saturated carbocycles. The lowest BCUT2D eigenvalue weighted by molar-refractivity contribution is -0.142. The van der Waals surface area contributed by atoms with Gasteiger partial charge in [-0.05, 0) is 199 Å². The largest absolute Gasteiger partial charge is 0.434 e. The second-order valence-corrected chi connectivity index (χ2v) is 28.4. The third-order valence-corrected chi connectivity index (χ3v) is 19.5. The molecule has 6 aromatic carbocycles. The number of carbonyl (C=O) groups is 6. The molecule has 20 nitrogen and oxygen atoms in total.